The Morgan fingerprint density at radius 1 is 0.786 bits per heavy atom. The van der Waals surface area contributed by atoms with Crippen LogP contribution in [0.4, 0.5) is 0 Å². The SMILES string of the molecule is CC(=O)C1(C(C)=O)CCCCCCC1. The summed E-state index contributed by atoms with van der Waals surface area (Å²) in [7, 11) is 0. The third kappa shape index (κ3) is 2.23. The molecule has 0 aromatic rings. The second-order valence-corrected chi connectivity index (χ2v) is 4.46. The minimum absolute atomic E-state index is 0.0758. The molecule has 0 atom stereocenters. The number of hydrogen-bond acceptors (Lipinski definition) is 2. The van der Waals surface area contributed by atoms with Crippen molar-refractivity contribution in [3.63, 3.8) is 0 Å². The molecule has 0 saturated heterocycles. The molecular formula is C12H20O2. The minimum Gasteiger partial charge on any atom is -0.299 e. The second-order valence-electron chi connectivity index (χ2n) is 4.46. The van der Waals surface area contributed by atoms with Gasteiger partial charge in [0, 0.05) is 0 Å². The molecule has 0 radical (unpaired) electrons. The highest BCUT2D eigenvalue weighted by atomic mass is 16.2. The van der Waals surface area contributed by atoms with Crippen LogP contribution in [-0.2, 0) is 9.59 Å². The van der Waals surface area contributed by atoms with E-state index < -0.39 is 5.41 Å². The summed E-state index contributed by atoms with van der Waals surface area (Å²) in [6.45, 7) is 3.14. The van der Waals surface area contributed by atoms with Crippen molar-refractivity contribution in [2.24, 2.45) is 5.41 Å². The van der Waals surface area contributed by atoms with Crippen molar-refractivity contribution in [3.05, 3.63) is 0 Å². The van der Waals surface area contributed by atoms with Crippen molar-refractivity contribution in [1.82, 2.24) is 0 Å². The lowest BCUT2D eigenvalue weighted by Crippen LogP contribution is -2.37. The first-order valence-corrected chi connectivity index (χ1v) is 5.62. The Kier molecular flexibility index (Phi) is 3.85. The lowest BCUT2D eigenvalue weighted by Gasteiger charge is -2.30. The molecule has 0 unspecified atom stereocenters. The maximum Gasteiger partial charge on any atom is 0.143 e. The van der Waals surface area contributed by atoms with Crippen molar-refractivity contribution in [3.8, 4) is 0 Å². The molecule has 0 spiro atoms. The minimum atomic E-state index is -0.625. The van der Waals surface area contributed by atoms with Gasteiger partial charge in [0.1, 0.15) is 11.6 Å². The van der Waals surface area contributed by atoms with Crippen molar-refractivity contribution < 1.29 is 9.59 Å². The van der Waals surface area contributed by atoms with Crippen molar-refractivity contribution in [2.45, 2.75) is 58.8 Å². The zero-order valence-electron chi connectivity index (χ0n) is 9.27. The summed E-state index contributed by atoms with van der Waals surface area (Å²) < 4.78 is 0. The molecule has 2 heteroatoms. The highest BCUT2D eigenvalue weighted by Gasteiger charge is 2.39. The summed E-state index contributed by atoms with van der Waals surface area (Å²) in [5.41, 5.74) is -0.625. The van der Waals surface area contributed by atoms with Gasteiger partial charge in [-0.05, 0) is 26.7 Å². The van der Waals surface area contributed by atoms with Gasteiger partial charge in [-0.1, -0.05) is 32.1 Å². The maximum atomic E-state index is 11.6. The van der Waals surface area contributed by atoms with Gasteiger partial charge < -0.3 is 0 Å². The van der Waals surface area contributed by atoms with Crippen LogP contribution in [0.2, 0.25) is 0 Å². The molecule has 0 bridgehead atoms. The van der Waals surface area contributed by atoms with Gasteiger partial charge in [-0.3, -0.25) is 9.59 Å². The van der Waals surface area contributed by atoms with Gasteiger partial charge >= 0.3 is 0 Å². The highest BCUT2D eigenvalue weighted by Crippen LogP contribution is 2.35. The number of ketones is 2. The van der Waals surface area contributed by atoms with E-state index in [0.29, 0.717) is 0 Å². The average molecular weight is 196 g/mol. The second kappa shape index (κ2) is 4.72. The van der Waals surface area contributed by atoms with E-state index in [1.165, 1.54) is 19.3 Å². The molecule has 14 heavy (non-hydrogen) atoms. The lowest BCUT2D eigenvalue weighted by atomic mass is 9.71. The molecule has 80 valence electrons. The molecule has 0 aromatic heterocycles. The lowest BCUT2D eigenvalue weighted by molar-refractivity contribution is -0.139. The number of hydrogen-bond donors (Lipinski definition) is 0. The standard InChI is InChI=1S/C12H20O2/c1-10(13)12(11(2)14)8-6-4-3-5-7-9-12/h3-9H2,1-2H3. The van der Waals surface area contributed by atoms with Crippen molar-refractivity contribution in [1.29, 1.82) is 0 Å². The molecule has 2 nitrogen and oxygen atoms in total. The van der Waals surface area contributed by atoms with Crippen LogP contribution in [0, 0.1) is 5.41 Å². The monoisotopic (exact) mass is 196 g/mol. The first-order chi connectivity index (χ1) is 6.59. The van der Waals surface area contributed by atoms with E-state index in [0.717, 1.165) is 25.7 Å². The van der Waals surface area contributed by atoms with Crippen molar-refractivity contribution >= 4 is 11.6 Å². The summed E-state index contributed by atoms with van der Waals surface area (Å²) in [6, 6.07) is 0. The van der Waals surface area contributed by atoms with Crippen LogP contribution in [0.25, 0.3) is 0 Å². The molecule has 0 aliphatic heterocycles. The molecule has 1 aliphatic carbocycles. The molecule has 0 aromatic carbocycles. The third-order valence-corrected chi connectivity index (χ3v) is 3.55. The van der Waals surface area contributed by atoms with Gasteiger partial charge in [0.05, 0.1) is 5.41 Å². The fourth-order valence-electron chi connectivity index (χ4n) is 2.46. The van der Waals surface area contributed by atoms with E-state index in [-0.39, 0.29) is 11.6 Å². The molecule has 1 rings (SSSR count). The van der Waals surface area contributed by atoms with Crippen LogP contribution < -0.4 is 0 Å². The first kappa shape index (κ1) is 11.4. The van der Waals surface area contributed by atoms with Crippen LogP contribution >= 0.6 is 0 Å². The maximum absolute atomic E-state index is 11.6. The Hall–Kier alpha value is -0.660. The Bertz CT molecular complexity index is 206. The van der Waals surface area contributed by atoms with Crippen molar-refractivity contribution in [2.75, 3.05) is 0 Å². The smallest absolute Gasteiger partial charge is 0.143 e. The van der Waals surface area contributed by atoms with E-state index in [1.54, 1.807) is 13.8 Å². The Balaban J connectivity index is 2.81. The fourth-order valence-corrected chi connectivity index (χ4v) is 2.46. The summed E-state index contributed by atoms with van der Waals surface area (Å²) >= 11 is 0. The molecule has 0 amide bonds. The van der Waals surface area contributed by atoms with Gasteiger partial charge in [-0.25, -0.2) is 0 Å². The van der Waals surface area contributed by atoms with Crippen LogP contribution in [-0.4, -0.2) is 11.6 Å². The Labute approximate surface area is 86.1 Å². The molecule has 0 heterocycles. The van der Waals surface area contributed by atoms with Gasteiger partial charge in [0.15, 0.2) is 0 Å². The fraction of sp³-hybridized carbons (Fsp3) is 0.833. The van der Waals surface area contributed by atoms with Gasteiger partial charge in [-0.2, -0.15) is 0 Å². The predicted octanol–water partition coefficient (Wildman–Crippen LogP) is 2.90. The van der Waals surface area contributed by atoms with Crippen LogP contribution in [0.15, 0.2) is 0 Å². The molecule has 0 N–H and O–H groups in total. The summed E-state index contributed by atoms with van der Waals surface area (Å²) in [4.78, 5) is 23.2. The quantitative estimate of drug-likeness (QED) is 0.636. The van der Waals surface area contributed by atoms with Crippen LogP contribution in [0.3, 0.4) is 0 Å². The van der Waals surface area contributed by atoms with Crippen LogP contribution in [0.5, 0.6) is 0 Å². The van der Waals surface area contributed by atoms with E-state index in [4.69, 9.17) is 0 Å². The molecule has 1 aliphatic rings. The zero-order chi connectivity index (χ0) is 10.6. The zero-order valence-corrected chi connectivity index (χ0v) is 9.27. The van der Waals surface area contributed by atoms with Crippen LogP contribution in [0.1, 0.15) is 58.8 Å². The number of Topliss-reactive ketones (excluding diaryl/α,β-unsaturated/α-hetero) is 2. The summed E-state index contributed by atoms with van der Waals surface area (Å²) in [6.07, 6.45) is 7.20. The van der Waals surface area contributed by atoms with E-state index in [2.05, 4.69) is 0 Å². The normalized spacial score (nSPS) is 22.1. The van der Waals surface area contributed by atoms with E-state index >= 15 is 0 Å². The Morgan fingerprint density at radius 3 is 1.50 bits per heavy atom. The topological polar surface area (TPSA) is 34.1 Å². The Morgan fingerprint density at radius 2 is 1.14 bits per heavy atom. The summed E-state index contributed by atoms with van der Waals surface area (Å²) in [5.74, 6) is 0.152. The van der Waals surface area contributed by atoms with Gasteiger partial charge in [0.25, 0.3) is 0 Å². The van der Waals surface area contributed by atoms with Gasteiger partial charge in [0.2, 0.25) is 0 Å². The average Bonchev–Trinajstić information content (AvgIpc) is 2.02. The molecule has 1 fully saturated rings. The number of carbonyl (C=O) groups excluding carboxylic acids is 2. The highest BCUT2D eigenvalue weighted by molar-refractivity contribution is 6.04. The summed E-state index contributed by atoms with van der Waals surface area (Å²) in [5, 5.41) is 0. The largest absolute Gasteiger partial charge is 0.299 e. The molecular weight excluding hydrogens is 176 g/mol. The predicted molar refractivity (Wildman–Crippen MR) is 56.1 cm³/mol. The van der Waals surface area contributed by atoms with E-state index in [1.807, 2.05) is 0 Å². The molecule has 1 saturated carbocycles. The van der Waals surface area contributed by atoms with Gasteiger partial charge in [-0.15, -0.1) is 0 Å². The third-order valence-electron chi connectivity index (χ3n) is 3.55. The van der Waals surface area contributed by atoms with E-state index in [9.17, 15) is 9.59 Å². The number of carbonyl (C=O) groups is 2. The number of rotatable bonds is 2. The first-order valence-electron chi connectivity index (χ1n) is 5.62.